The number of hydrogen-bond acceptors (Lipinski definition) is 5. The first-order valence-electron chi connectivity index (χ1n) is 7.44. The lowest BCUT2D eigenvalue weighted by atomic mass is 10.0. The van der Waals surface area contributed by atoms with Crippen molar-refractivity contribution in [3.05, 3.63) is 24.3 Å². The molecule has 0 fully saturated rings. The largest absolute Gasteiger partial charge is 0.427 e. The predicted molar refractivity (Wildman–Crippen MR) is 108 cm³/mol. The summed E-state index contributed by atoms with van der Waals surface area (Å²) in [4.78, 5) is 11.3. The normalized spacial score (nSPS) is 14.5. The molecule has 0 spiro atoms. The maximum Gasteiger partial charge on any atom is 0.427 e. The number of aliphatic hydroxyl groups excluding tert-OH is 1. The van der Waals surface area contributed by atoms with Crippen molar-refractivity contribution in [2.75, 3.05) is 11.1 Å². The van der Waals surface area contributed by atoms with E-state index in [9.17, 15) is 44.7 Å². The molecule has 0 heterocycles. The van der Waals surface area contributed by atoms with Gasteiger partial charge >= 0.3 is 12.4 Å². The first-order valence-corrected chi connectivity index (χ1v) is 11.2. The Labute approximate surface area is 193 Å². The van der Waals surface area contributed by atoms with Crippen LogP contribution in [0.1, 0.15) is 24.3 Å². The van der Waals surface area contributed by atoms with Gasteiger partial charge in [-0.25, -0.2) is 0 Å². The summed E-state index contributed by atoms with van der Waals surface area (Å²) in [5, 5.41) is 12.5. The van der Waals surface area contributed by atoms with Gasteiger partial charge in [-0.05, 0) is 63.7 Å². The smallest absolute Gasteiger partial charge is 0.364 e. The monoisotopic (exact) mass is 691 g/mol. The zero-order chi connectivity index (χ0) is 23.9. The van der Waals surface area contributed by atoms with Crippen molar-refractivity contribution in [1.29, 1.82) is 0 Å². The summed E-state index contributed by atoms with van der Waals surface area (Å²) in [5.74, 6) is -3.54. The van der Waals surface area contributed by atoms with Crippen LogP contribution in [0.25, 0.3) is 0 Å². The molecule has 16 heteroatoms. The van der Waals surface area contributed by atoms with Crippen LogP contribution in [-0.4, -0.2) is 47.7 Å². The van der Waals surface area contributed by atoms with E-state index in [4.69, 9.17) is 4.55 Å². The molecule has 3 N–H and O–H groups in total. The average Bonchev–Trinajstić information content (AvgIpc) is 2.46. The molecule has 0 saturated carbocycles. The molecule has 1 aromatic carbocycles. The summed E-state index contributed by atoms with van der Waals surface area (Å²) in [6.07, 6.45) is -15.7. The quantitative estimate of drug-likeness (QED) is 0.181. The molecule has 0 radical (unpaired) electrons. The van der Waals surface area contributed by atoms with Crippen molar-refractivity contribution >= 4 is 66.9 Å². The van der Waals surface area contributed by atoms with Crippen LogP contribution in [0.3, 0.4) is 0 Å². The minimum absolute atomic E-state index is 0.00416. The highest BCUT2D eigenvalue weighted by Crippen LogP contribution is 2.49. The fraction of sp³-hybridized carbons (Fsp3) is 0.500. The van der Waals surface area contributed by atoms with Crippen molar-refractivity contribution in [2.45, 2.75) is 38.1 Å². The number of benzene rings is 1. The minimum atomic E-state index is -6.38. The Morgan fingerprint density at radius 1 is 1.20 bits per heavy atom. The van der Waals surface area contributed by atoms with E-state index in [1.807, 2.05) is 0 Å². The van der Waals surface area contributed by atoms with Crippen molar-refractivity contribution < 1.29 is 54.0 Å². The van der Waals surface area contributed by atoms with E-state index < -0.39 is 51.6 Å². The average molecular weight is 691 g/mol. The van der Waals surface area contributed by atoms with Crippen LogP contribution in [0, 0.1) is 14.1 Å². The minimum Gasteiger partial charge on any atom is -0.364 e. The number of aryl methyl sites for hydroxylation is 1. The molecule has 0 saturated heterocycles. The Morgan fingerprint density at radius 2 is 1.67 bits per heavy atom. The second-order valence-electron chi connectivity index (χ2n) is 5.98. The van der Waals surface area contributed by atoms with Crippen LogP contribution >= 0.6 is 45.2 Å². The van der Waals surface area contributed by atoms with Gasteiger partial charge in [0.2, 0.25) is 5.91 Å². The molecule has 1 amide bonds. The predicted octanol–water partition coefficient (Wildman–Crippen LogP) is 3.92. The van der Waals surface area contributed by atoms with Crippen LogP contribution in [0.2, 0.25) is 0 Å². The molecule has 1 unspecified atom stereocenters. The topological polar surface area (TPSA) is 113 Å². The van der Waals surface area contributed by atoms with E-state index in [0.29, 0.717) is 3.57 Å². The number of carbonyl (C=O) groups excluding carboxylic acids is 1. The molecule has 7 nitrogen and oxygen atoms in total. The van der Waals surface area contributed by atoms with E-state index in [1.54, 1.807) is 22.6 Å². The summed E-state index contributed by atoms with van der Waals surface area (Å²) >= 11 is 3.22. The van der Waals surface area contributed by atoms with Crippen LogP contribution in [0.4, 0.5) is 32.0 Å². The van der Waals surface area contributed by atoms with Gasteiger partial charge in [-0.3, -0.25) is 9.35 Å². The van der Waals surface area contributed by atoms with Crippen LogP contribution < -0.4 is 5.32 Å². The highest BCUT2D eigenvalue weighted by atomic mass is 127. The fourth-order valence-corrected chi connectivity index (χ4v) is 5.76. The molecule has 1 rings (SSSR count). The third-order valence-corrected chi connectivity index (χ3v) is 6.37. The number of alkyl halides is 6. The second kappa shape index (κ2) is 9.20. The Kier molecular flexibility index (Phi) is 8.46. The number of nitrogens with one attached hydrogen (secondary N) is 1. The molecule has 0 bridgehead atoms. The van der Waals surface area contributed by atoms with Gasteiger partial charge in [0.1, 0.15) is 5.75 Å². The number of anilines is 1. The van der Waals surface area contributed by atoms with Crippen LogP contribution in [0.5, 0.6) is 0 Å². The Bertz CT molecular complexity index is 920. The van der Waals surface area contributed by atoms with Crippen molar-refractivity contribution in [1.82, 2.24) is 0 Å². The zero-order valence-corrected chi connectivity index (χ0v) is 20.0. The molecule has 0 aliphatic rings. The molecular formula is C14H13F6I2NO6S. The number of ether oxygens (including phenoxy) is 1. The molecule has 172 valence electrons. The van der Waals surface area contributed by atoms with E-state index >= 15 is 0 Å². The summed E-state index contributed by atoms with van der Waals surface area (Å²) in [5.41, 5.74) is -6.01. The number of halogens is 8. The lowest BCUT2D eigenvalue weighted by Crippen LogP contribution is -2.63. The summed E-state index contributed by atoms with van der Waals surface area (Å²) in [6, 6.07) is 1.25. The van der Waals surface area contributed by atoms with Gasteiger partial charge in [0, 0.05) is 19.6 Å². The summed E-state index contributed by atoms with van der Waals surface area (Å²) in [7, 11) is -5.86. The molecule has 1 atom stereocenters. The molecular weight excluding hydrogens is 678 g/mol. The molecule has 1 aromatic rings. The van der Waals surface area contributed by atoms with Gasteiger partial charge in [0.15, 0.2) is 6.29 Å². The van der Waals surface area contributed by atoms with E-state index in [-0.39, 0.29) is 14.8 Å². The van der Waals surface area contributed by atoms with Gasteiger partial charge in [0.25, 0.3) is 15.7 Å². The van der Waals surface area contributed by atoms with Gasteiger partial charge in [-0.15, -0.1) is 0 Å². The summed E-state index contributed by atoms with van der Waals surface area (Å²) in [6.45, 7) is 2.35. The third-order valence-electron chi connectivity index (χ3n) is 3.63. The lowest BCUT2D eigenvalue weighted by molar-refractivity contribution is -0.399. The first kappa shape index (κ1) is 27.6. The van der Waals surface area contributed by atoms with E-state index in [1.165, 1.54) is 35.6 Å². The molecule has 0 aromatic heterocycles. The van der Waals surface area contributed by atoms with Gasteiger partial charge < -0.3 is 15.2 Å². The standard InChI is InChI=1S/C14H13F6I2NO6S/c1-5-3-7(21)10(23-6(2)24)9(22)8(5)11(25)29-12(13(15,16)17,14(18,19)20)4-30(26,27)28/h3,11,25H,4H2,1-2H3,(H,23,24)(H,26,27,28). The van der Waals surface area contributed by atoms with Crippen LogP contribution in [-0.2, 0) is 19.6 Å². The molecule has 0 aliphatic carbocycles. The van der Waals surface area contributed by atoms with Gasteiger partial charge in [-0.2, -0.15) is 34.8 Å². The Balaban J connectivity index is 3.69. The first-order chi connectivity index (χ1) is 13.2. The molecule has 0 aliphatic heterocycles. The Hall–Kier alpha value is -0.440. The van der Waals surface area contributed by atoms with Gasteiger partial charge in [-0.1, -0.05) is 0 Å². The zero-order valence-electron chi connectivity index (χ0n) is 14.8. The number of hydrogen-bond donors (Lipinski definition) is 3. The second-order valence-corrected chi connectivity index (χ2v) is 9.67. The van der Waals surface area contributed by atoms with E-state index in [2.05, 4.69) is 10.1 Å². The summed E-state index contributed by atoms with van der Waals surface area (Å²) < 4.78 is 115. The van der Waals surface area contributed by atoms with Crippen LogP contribution in [0.15, 0.2) is 6.07 Å². The highest BCUT2D eigenvalue weighted by molar-refractivity contribution is 14.1. The lowest BCUT2D eigenvalue weighted by Gasteiger charge is -2.38. The number of amides is 1. The number of aliphatic hydroxyl groups is 1. The van der Waals surface area contributed by atoms with Crippen molar-refractivity contribution in [3.63, 3.8) is 0 Å². The maximum atomic E-state index is 13.4. The SMILES string of the molecule is CC(=O)Nc1c(I)cc(C)c(C(O)OC(CS(=O)(=O)O)(C(F)(F)F)C(F)(F)F)c1I. The number of carbonyl (C=O) groups is 1. The molecule has 30 heavy (non-hydrogen) atoms. The maximum absolute atomic E-state index is 13.4. The Morgan fingerprint density at radius 3 is 2.03 bits per heavy atom. The highest BCUT2D eigenvalue weighted by Gasteiger charge is 2.74. The number of rotatable bonds is 6. The third kappa shape index (κ3) is 6.08. The van der Waals surface area contributed by atoms with Crippen molar-refractivity contribution in [3.8, 4) is 0 Å². The van der Waals surface area contributed by atoms with Gasteiger partial charge in [0.05, 0.1) is 5.69 Å². The van der Waals surface area contributed by atoms with E-state index in [0.717, 1.165) is 6.92 Å². The fourth-order valence-electron chi connectivity index (χ4n) is 2.34. The van der Waals surface area contributed by atoms with Crippen molar-refractivity contribution in [2.24, 2.45) is 0 Å².